The minimum atomic E-state index is -3.54. The Balaban J connectivity index is 1.70. The molecule has 0 spiro atoms. The van der Waals surface area contributed by atoms with Gasteiger partial charge in [-0.3, -0.25) is 0 Å². The van der Waals surface area contributed by atoms with E-state index < -0.39 is 10.0 Å². The minimum absolute atomic E-state index is 0.249. The molecular formula is C19H26N4O2S. The summed E-state index contributed by atoms with van der Waals surface area (Å²) < 4.78 is 27.9. The van der Waals surface area contributed by atoms with E-state index in [4.69, 9.17) is 0 Å². The first-order chi connectivity index (χ1) is 12.3. The second-order valence-electron chi connectivity index (χ2n) is 6.91. The van der Waals surface area contributed by atoms with Crippen LogP contribution in [-0.2, 0) is 16.6 Å². The Labute approximate surface area is 155 Å². The second kappa shape index (κ2) is 7.73. The number of anilines is 1. The first-order valence-electron chi connectivity index (χ1n) is 8.80. The topological polar surface area (TPSA) is 65.5 Å². The van der Waals surface area contributed by atoms with Gasteiger partial charge >= 0.3 is 0 Å². The summed E-state index contributed by atoms with van der Waals surface area (Å²) in [6.45, 7) is 7.89. The summed E-state index contributed by atoms with van der Waals surface area (Å²) in [5.74, 6) is 0.904. The van der Waals surface area contributed by atoms with Crippen molar-refractivity contribution in [1.29, 1.82) is 0 Å². The number of likely N-dealkylation sites (N-methyl/N-ethyl adjacent to an activating group) is 1. The van der Waals surface area contributed by atoms with Crippen LogP contribution in [-0.4, -0.2) is 51.5 Å². The van der Waals surface area contributed by atoms with Crippen molar-refractivity contribution >= 4 is 15.8 Å². The fourth-order valence-electron chi connectivity index (χ4n) is 3.14. The maximum atomic E-state index is 12.6. The molecule has 26 heavy (non-hydrogen) atoms. The molecule has 0 bridgehead atoms. The van der Waals surface area contributed by atoms with Crippen molar-refractivity contribution in [2.45, 2.75) is 25.3 Å². The fourth-order valence-corrected chi connectivity index (χ4v) is 4.38. The molecule has 7 heteroatoms. The normalized spacial score (nSPS) is 16.0. The van der Waals surface area contributed by atoms with Gasteiger partial charge in [-0.2, -0.15) is 0 Å². The van der Waals surface area contributed by atoms with Gasteiger partial charge in [-0.1, -0.05) is 17.7 Å². The molecule has 1 aliphatic rings. The Morgan fingerprint density at radius 1 is 1.08 bits per heavy atom. The molecule has 2 aromatic rings. The van der Waals surface area contributed by atoms with E-state index in [-0.39, 0.29) is 6.54 Å². The molecule has 1 aliphatic heterocycles. The van der Waals surface area contributed by atoms with Gasteiger partial charge in [-0.15, -0.1) is 0 Å². The van der Waals surface area contributed by atoms with Crippen molar-refractivity contribution in [1.82, 2.24) is 14.6 Å². The van der Waals surface area contributed by atoms with Crippen molar-refractivity contribution in [3.05, 3.63) is 53.2 Å². The van der Waals surface area contributed by atoms with Gasteiger partial charge in [0.1, 0.15) is 5.82 Å². The van der Waals surface area contributed by atoms with Gasteiger partial charge in [0.15, 0.2) is 0 Å². The SMILES string of the molecule is Cc1ccc(S(=O)(=O)NCc2ccnc(N3CCN(C)CC3)c2)c(C)c1. The van der Waals surface area contributed by atoms with Gasteiger partial charge in [-0.25, -0.2) is 18.1 Å². The maximum Gasteiger partial charge on any atom is 0.241 e. The number of hydrogen-bond donors (Lipinski definition) is 1. The summed E-state index contributed by atoms with van der Waals surface area (Å²) in [7, 11) is -1.43. The Kier molecular flexibility index (Phi) is 5.60. The highest BCUT2D eigenvalue weighted by Crippen LogP contribution is 2.18. The number of rotatable bonds is 5. The van der Waals surface area contributed by atoms with E-state index in [9.17, 15) is 8.42 Å². The van der Waals surface area contributed by atoms with Crippen molar-refractivity contribution < 1.29 is 8.42 Å². The van der Waals surface area contributed by atoms with Crippen molar-refractivity contribution in [3.8, 4) is 0 Å². The van der Waals surface area contributed by atoms with Crippen LogP contribution in [0.25, 0.3) is 0 Å². The first kappa shape index (κ1) is 18.8. The molecule has 3 rings (SSSR count). The Bertz CT molecular complexity index is 875. The summed E-state index contributed by atoms with van der Waals surface area (Å²) >= 11 is 0. The zero-order valence-corrected chi connectivity index (χ0v) is 16.4. The highest BCUT2D eigenvalue weighted by Gasteiger charge is 2.18. The van der Waals surface area contributed by atoms with E-state index in [0.29, 0.717) is 4.90 Å². The number of hydrogen-bond acceptors (Lipinski definition) is 5. The van der Waals surface area contributed by atoms with Crippen LogP contribution in [0.5, 0.6) is 0 Å². The number of nitrogens with one attached hydrogen (secondary N) is 1. The lowest BCUT2D eigenvalue weighted by Crippen LogP contribution is -2.44. The summed E-state index contributed by atoms with van der Waals surface area (Å²) in [5.41, 5.74) is 2.71. The molecule has 1 aromatic heterocycles. The van der Waals surface area contributed by atoms with Gasteiger partial charge in [0.05, 0.1) is 4.90 Å². The Hall–Kier alpha value is -1.96. The molecule has 2 heterocycles. The second-order valence-corrected chi connectivity index (χ2v) is 8.64. The number of nitrogens with zero attached hydrogens (tertiary/aromatic N) is 3. The van der Waals surface area contributed by atoms with Crippen LogP contribution < -0.4 is 9.62 Å². The van der Waals surface area contributed by atoms with Gasteiger partial charge in [-0.05, 0) is 50.2 Å². The highest BCUT2D eigenvalue weighted by atomic mass is 32.2. The van der Waals surface area contributed by atoms with E-state index in [1.807, 2.05) is 38.1 Å². The molecule has 1 N–H and O–H groups in total. The van der Waals surface area contributed by atoms with Gasteiger partial charge < -0.3 is 9.80 Å². The largest absolute Gasteiger partial charge is 0.354 e. The third kappa shape index (κ3) is 4.41. The monoisotopic (exact) mass is 374 g/mol. The molecular weight excluding hydrogens is 348 g/mol. The van der Waals surface area contributed by atoms with E-state index >= 15 is 0 Å². The van der Waals surface area contributed by atoms with Crippen molar-refractivity contribution in [3.63, 3.8) is 0 Å². The van der Waals surface area contributed by atoms with Gasteiger partial charge in [0.2, 0.25) is 10.0 Å². The number of sulfonamides is 1. The van der Waals surface area contributed by atoms with E-state index in [1.165, 1.54) is 0 Å². The molecule has 0 unspecified atom stereocenters. The molecule has 1 saturated heterocycles. The molecule has 6 nitrogen and oxygen atoms in total. The highest BCUT2D eigenvalue weighted by molar-refractivity contribution is 7.89. The predicted molar refractivity (Wildman–Crippen MR) is 104 cm³/mol. The lowest BCUT2D eigenvalue weighted by atomic mass is 10.2. The average Bonchev–Trinajstić information content (AvgIpc) is 2.61. The zero-order chi connectivity index (χ0) is 18.7. The molecule has 0 amide bonds. The molecule has 0 radical (unpaired) electrons. The third-order valence-corrected chi connectivity index (χ3v) is 6.28. The van der Waals surface area contributed by atoms with Crippen LogP contribution >= 0.6 is 0 Å². The number of pyridine rings is 1. The zero-order valence-electron chi connectivity index (χ0n) is 15.6. The van der Waals surface area contributed by atoms with Crippen molar-refractivity contribution in [2.24, 2.45) is 0 Å². The summed E-state index contributed by atoms with van der Waals surface area (Å²) in [6, 6.07) is 9.18. The maximum absolute atomic E-state index is 12.6. The lowest BCUT2D eigenvalue weighted by Gasteiger charge is -2.33. The van der Waals surface area contributed by atoms with Crippen LogP contribution in [0.1, 0.15) is 16.7 Å². The Morgan fingerprint density at radius 3 is 2.50 bits per heavy atom. The molecule has 0 atom stereocenters. The summed E-state index contributed by atoms with van der Waals surface area (Å²) in [5, 5.41) is 0. The van der Waals surface area contributed by atoms with Crippen LogP contribution in [0.4, 0.5) is 5.82 Å². The molecule has 1 aromatic carbocycles. The van der Waals surface area contributed by atoms with E-state index in [0.717, 1.165) is 48.7 Å². The van der Waals surface area contributed by atoms with Crippen LogP contribution in [0.15, 0.2) is 41.4 Å². The third-order valence-electron chi connectivity index (χ3n) is 4.72. The fraction of sp³-hybridized carbons (Fsp3) is 0.421. The van der Waals surface area contributed by atoms with Crippen LogP contribution in [0.2, 0.25) is 0 Å². The first-order valence-corrected chi connectivity index (χ1v) is 10.3. The quantitative estimate of drug-likeness (QED) is 0.866. The van der Waals surface area contributed by atoms with Gasteiger partial charge in [0.25, 0.3) is 0 Å². The lowest BCUT2D eigenvalue weighted by molar-refractivity contribution is 0.312. The molecule has 1 fully saturated rings. The van der Waals surface area contributed by atoms with E-state index in [2.05, 4.69) is 26.6 Å². The Morgan fingerprint density at radius 2 is 1.81 bits per heavy atom. The van der Waals surface area contributed by atoms with Gasteiger partial charge in [0, 0.05) is 38.9 Å². The number of piperazine rings is 1. The van der Waals surface area contributed by atoms with Crippen LogP contribution in [0.3, 0.4) is 0 Å². The molecule has 0 saturated carbocycles. The number of aryl methyl sites for hydroxylation is 2. The smallest absolute Gasteiger partial charge is 0.241 e. The molecule has 0 aliphatic carbocycles. The van der Waals surface area contributed by atoms with Crippen molar-refractivity contribution in [2.75, 3.05) is 38.1 Å². The van der Waals surface area contributed by atoms with Crippen LogP contribution in [0, 0.1) is 13.8 Å². The average molecular weight is 375 g/mol. The summed E-state index contributed by atoms with van der Waals surface area (Å²) in [4.78, 5) is 9.30. The number of benzene rings is 1. The predicted octanol–water partition coefficient (Wildman–Crippen LogP) is 1.93. The number of aromatic nitrogens is 1. The molecule has 140 valence electrons. The standard InChI is InChI=1S/C19H26N4O2S/c1-15-4-5-18(16(2)12-15)26(24,25)21-14-17-6-7-20-19(13-17)23-10-8-22(3)9-11-23/h4-7,12-13,21H,8-11,14H2,1-3H3. The minimum Gasteiger partial charge on any atom is -0.354 e. The van der Waals surface area contributed by atoms with E-state index in [1.54, 1.807) is 12.3 Å². The summed E-state index contributed by atoms with van der Waals surface area (Å²) in [6.07, 6.45) is 1.74.